The zero-order valence-electron chi connectivity index (χ0n) is 16.4. The number of guanidine groups is 1. The van der Waals surface area contributed by atoms with E-state index in [0.717, 1.165) is 43.2 Å². The van der Waals surface area contributed by atoms with Gasteiger partial charge in [0, 0.05) is 33.2 Å². The van der Waals surface area contributed by atoms with Crippen LogP contribution in [0.15, 0.2) is 4.99 Å². The molecule has 1 unspecified atom stereocenters. The maximum atomic E-state index is 4.82. The molecule has 0 radical (unpaired) electrons. The second-order valence-corrected chi connectivity index (χ2v) is 7.35. The Labute approximate surface area is 174 Å². The fourth-order valence-corrected chi connectivity index (χ4v) is 3.84. The highest BCUT2D eigenvalue weighted by atomic mass is 127. The van der Waals surface area contributed by atoms with Crippen LogP contribution in [-0.2, 0) is 13.6 Å². The van der Waals surface area contributed by atoms with Gasteiger partial charge in [0.1, 0.15) is 12.4 Å². The highest BCUT2D eigenvalue weighted by Gasteiger charge is 2.27. The first kappa shape index (κ1) is 21.4. The average molecular weight is 475 g/mol. The molecule has 148 valence electrons. The molecule has 0 aliphatic carbocycles. The summed E-state index contributed by atoms with van der Waals surface area (Å²) in [7, 11) is 2.00. The lowest BCUT2D eigenvalue weighted by molar-refractivity contribution is 0.198. The lowest BCUT2D eigenvalue weighted by atomic mass is 10.1. The molecular weight excluding hydrogens is 441 g/mol. The van der Waals surface area contributed by atoms with Gasteiger partial charge in [-0.05, 0) is 52.1 Å². The van der Waals surface area contributed by atoms with Gasteiger partial charge in [-0.1, -0.05) is 6.42 Å². The van der Waals surface area contributed by atoms with Crippen LogP contribution in [0.3, 0.4) is 0 Å². The number of nitrogens with zero attached hydrogens (tertiary/aromatic N) is 6. The van der Waals surface area contributed by atoms with Crippen LogP contribution >= 0.6 is 24.0 Å². The van der Waals surface area contributed by atoms with E-state index in [1.165, 1.54) is 45.3 Å². The largest absolute Gasteiger partial charge is 0.357 e. The first-order valence-electron chi connectivity index (χ1n) is 9.78. The number of aryl methyl sites for hydroxylation is 1. The van der Waals surface area contributed by atoms with Crippen molar-refractivity contribution in [3.8, 4) is 0 Å². The van der Waals surface area contributed by atoms with Gasteiger partial charge in [-0.15, -0.1) is 34.2 Å². The molecule has 7 nitrogen and oxygen atoms in total. The summed E-state index contributed by atoms with van der Waals surface area (Å²) < 4.78 is 2.01. The number of nitrogens with one attached hydrogen (secondary N) is 1. The van der Waals surface area contributed by atoms with Gasteiger partial charge in [-0.2, -0.15) is 0 Å². The van der Waals surface area contributed by atoms with Crippen molar-refractivity contribution in [3.05, 3.63) is 11.6 Å². The quantitative estimate of drug-likeness (QED) is 0.401. The number of hydrogen-bond donors (Lipinski definition) is 1. The summed E-state index contributed by atoms with van der Waals surface area (Å²) in [6.45, 7) is 11.6. The Balaban J connectivity index is 0.00000243. The number of aliphatic imine (C=N–C) groups is 1. The van der Waals surface area contributed by atoms with Gasteiger partial charge in [0.2, 0.25) is 0 Å². The summed E-state index contributed by atoms with van der Waals surface area (Å²) >= 11 is 0. The highest BCUT2D eigenvalue weighted by molar-refractivity contribution is 14.0. The SMILES string of the molecule is CCNC(=NCc1nnc(C)n1C)N1CCC(CN2CCCCC2)C1.I. The molecule has 2 aliphatic heterocycles. The Kier molecular flexibility index (Phi) is 8.59. The summed E-state index contributed by atoms with van der Waals surface area (Å²) in [5.74, 6) is 3.62. The van der Waals surface area contributed by atoms with Crippen LogP contribution in [0, 0.1) is 12.8 Å². The standard InChI is InChI=1S/C18H33N7.HI/c1-4-19-18(20-12-17-22-21-15(2)23(17)3)25-11-8-16(14-25)13-24-9-6-5-7-10-24;/h16H,4-14H2,1-3H3,(H,19,20);1H. The summed E-state index contributed by atoms with van der Waals surface area (Å²) in [5, 5.41) is 11.8. The van der Waals surface area contributed by atoms with Gasteiger partial charge in [0.15, 0.2) is 11.8 Å². The van der Waals surface area contributed by atoms with Gasteiger partial charge in [-0.3, -0.25) is 0 Å². The molecule has 1 aromatic rings. The van der Waals surface area contributed by atoms with E-state index in [1.807, 2.05) is 18.5 Å². The van der Waals surface area contributed by atoms with Crippen LogP contribution in [0.5, 0.6) is 0 Å². The topological polar surface area (TPSA) is 61.6 Å². The molecule has 0 bridgehead atoms. The molecule has 0 aromatic carbocycles. The normalized spacial score (nSPS) is 21.7. The Hall–Kier alpha value is -0.900. The van der Waals surface area contributed by atoms with Crippen LogP contribution in [0.25, 0.3) is 0 Å². The van der Waals surface area contributed by atoms with Crippen molar-refractivity contribution in [2.45, 2.75) is 46.1 Å². The third-order valence-corrected chi connectivity index (χ3v) is 5.44. The molecule has 3 heterocycles. The Bertz CT molecular complexity index is 580. The second-order valence-electron chi connectivity index (χ2n) is 7.35. The van der Waals surface area contributed by atoms with Gasteiger partial charge in [-0.25, -0.2) is 4.99 Å². The van der Waals surface area contributed by atoms with Gasteiger partial charge in [0.25, 0.3) is 0 Å². The molecule has 2 fully saturated rings. The number of halogens is 1. The van der Waals surface area contributed by atoms with Crippen molar-refractivity contribution in [1.29, 1.82) is 0 Å². The van der Waals surface area contributed by atoms with E-state index < -0.39 is 0 Å². The fraction of sp³-hybridized carbons (Fsp3) is 0.833. The van der Waals surface area contributed by atoms with Crippen LogP contribution < -0.4 is 5.32 Å². The first-order chi connectivity index (χ1) is 12.2. The monoisotopic (exact) mass is 475 g/mol. The number of piperidine rings is 1. The lowest BCUT2D eigenvalue weighted by Gasteiger charge is -2.29. The van der Waals surface area contributed by atoms with Crippen molar-refractivity contribution in [2.24, 2.45) is 18.0 Å². The molecule has 2 aliphatic rings. The minimum Gasteiger partial charge on any atom is -0.357 e. The van der Waals surface area contributed by atoms with E-state index in [0.29, 0.717) is 6.54 Å². The predicted octanol–water partition coefficient (Wildman–Crippen LogP) is 2.01. The number of aromatic nitrogens is 3. The second kappa shape index (κ2) is 10.4. The molecule has 26 heavy (non-hydrogen) atoms. The van der Waals surface area contributed by atoms with Crippen LogP contribution in [0.4, 0.5) is 0 Å². The number of rotatable bonds is 5. The van der Waals surface area contributed by atoms with Crippen molar-refractivity contribution < 1.29 is 0 Å². The maximum absolute atomic E-state index is 4.82. The maximum Gasteiger partial charge on any atom is 0.194 e. The molecule has 0 amide bonds. The minimum absolute atomic E-state index is 0. The van der Waals surface area contributed by atoms with Crippen LogP contribution in [0.2, 0.25) is 0 Å². The van der Waals surface area contributed by atoms with Crippen LogP contribution in [0.1, 0.15) is 44.3 Å². The van der Waals surface area contributed by atoms with E-state index in [1.54, 1.807) is 0 Å². The molecule has 1 aromatic heterocycles. The molecule has 2 saturated heterocycles. The molecule has 1 atom stereocenters. The Morgan fingerprint density at radius 1 is 1.19 bits per heavy atom. The predicted molar refractivity (Wildman–Crippen MR) is 116 cm³/mol. The Morgan fingerprint density at radius 2 is 1.96 bits per heavy atom. The van der Waals surface area contributed by atoms with E-state index in [-0.39, 0.29) is 24.0 Å². The van der Waals surface area contributed by atoms with Crippen molar-refractivity contribution in [3.63, 3.8) is 0 Å². The Morgan fingerprint density at radius 3 is 2.62 bits per heavy atom. The summed E-state index contributed by atoms with van der Waals surface area (Å²) in [6.07, 6.45) is 5.42. The van der Waals surface area contributed by atoms with Crippen molar-refractivity contribution in [1.82, 2.24) is 29.9 Å². The van der Waals surface area contributed by atoms with E-state index in [4.69, 9.17) is 4.99 Å². The average Bonchev–Trinajstić information content (AvgIpc) is 3.21. The van der Waals surface area contributed by atoms with Gasteiger partial charge >= 0.3 is 0 Å². The molecule has 3 rings (SSSR count). The van der Waals surface area contributed by atoms with E-state index in [9.17, 15) is 0 Å². The zero-order chi connectivity index (χ0) is 17.6. The van der Waals surface area contributed by atoms with Gasteiger partial charge < -0.3 is 19.7 Å². The van der Waals surface area contributed by atoms with Crippen molar-refractivity contribution >= 4 is 29.9 Å². The van der Waals surface area contributed by atoms with Crippen LogP contribution in [-0.4, -0.2) is 69.8 Å². The summed E-state index contributed by atoms with van der Waals surface area (Å²) in [6, 6.07) is 0. The fourth-order valence-electron chi connectivity index (χ4n) is 3.84. The zero-order valence-corrected chi connectivity index (χ0v) is 18.8. The first-order valence-corrected chi connectivity index (χ1v) is 9.78. The molecule has 1 N–H and O–H groups in total. The van der Waals surface area contributed by atoms with E-state index in [2.05, 4.69) is 32.2 Å². The third kappa shape index (κ3) is 5.55. The summed E-state index contributed by atoms with van der Waals surface area (Å²) in [5.41, 5.74) is 0. The number of likely N-dealkylation sites (tertiary alicyclic amines) is 2. The summed E-state index contributed by atoms with van der Waals surface area (Å²) in [4.78, 5) is 9.89. The van der Waals surface area contributed by atoms with Crippen molar-refractivity contribution in [2.75, 3.05) is 39.3 Å². The molecule has 8 heteroatoms. The third-order valence-electron chi connectivity index (χ3n) is 5.44. The lowest BCUT2D eigenvalue weighted by Crippen LogP contribution is -2.41. The van der Waals surface area contributed by atoms with E-state index >= 15 is 0 Å². The van der Waals surface area contributed by atoms with Gasteiger partial charge in [0.05, 0.1) is 0 Å². The highest BCUT2D eigenvalue weighted by Crippen LogP contribution is 2.20. The smallest absolute Gasteiger partial charge is 0.194 e. The molecule has 0 saturated carbocycles. The number of hydrogen-bond acceptors (Lipinski definition) is 4. The molecular formula is C18H34IN7. The molecule has 0 spiro atoms. The minimum atomic E-state index is 0.